The van der Waals surface area contributed by atoms with Gasteiger partial charge in [-0.05, 0) is 30.9 Å². The van der Waals surface area contributed by atoms with E-state index in [2.05, 4.69) is 18.3 Å². The van der Waals surface area contributed by atoms with Crippen LogP contribution in [0.2, 0.25) is 0 Å². The molecule has 0 bridgehead atoms. The summed E-state index contributed by atoms with van der Waals surface area (Å²) >= 11 is 0. The van der Waals surface area contributed by atoms with E-state index in [9.17, 15) is 4.79 Å². The maximum atomic E-state index is 11.8. The van der Waals surface area contributed by atoms with Crippen molar-refractivity contribution in [1.29, 1.82) is 0 Å². The second kappa shape index (κ2) is 5.71. The van der Waals surface area contributed by atoms with Gasteiger partial charge in [-0.25, -0.2) is 4.79 Å². The smallest absolute Gasteiger partial charge is 0.328 e. The molecule has 0 fully saturated rings. The Hall–Kier alpha value is -1.51. The van der Waals surface area contributed by atoms with Gasteiger partial charge in [-0.2, -0.15) is 0 Å². The van der Waals surface area contributed by atoms with Gasteiger partial charge in [-0.15, -0.1) is 0 Å². The molecular weight excluding hydrogens is 214 g/mol. The van der Waals surface area contributed by atoms with Gasteiger partial charge in [-0.3, -0.25) is 0 Å². The fourth-order valence-corrected chi connectivity index (χ4v) is 2.03. The summed E-state index contributed by atoms with van der Waals surface area (Å²) in [4.78, 5) is 11.8. The highest BCUT2D eigenvalue weighted by molar-refractivity contribution is 5.80. The van der Waals surface area contributed by atoms with E-state index in [0.29, 0.717) is 6.61 Å². The summed E-state index contributed by atoms with van der Waals surface area (Å²) in [5, 5.41) is 3.25. The van der Waals surface area contributed by atoms with Crippen LogP contribution in [0.4, 0.5) is 5.69 Å². The van der Waals surface area contributed by atoms with E-state index in [1.807, 2.05) is 18.2 Å². The van der Waals surface area contributed by atoms with Crippen molar-refractivity contribution in [3.63, 3.8) is 0 Å². The Morgan fingerprint density at radius 2 is 2.29 bits per heavy atom. The molecule has 1 N–H and O–H groups in total. The van der Waals surface area contributed by atoms with Crippen molar-refractivity contribution < 1.29 is 9.53 Å². The molecule has 0 radical (unpaired) electrons. The summed E-state index contributed by atoms with van der Waals surface area (Å²) in [5.41, 5.74) is 2.35. The number of anilines is 1. The minimum Gasteiger partial charge on any atom is -0.464 e. The first-order valence-corrected chi connectivity index (χ1v) is 6.32. The average Bonchev–Trinajstić information content (AvgIpc) is 2.38. The van der Waals surface area contributed by atoms with E-state index >= 15 is 0 Å². The molecule has 2 rings (SSSR count). The van der Waals surface area contributed by atoms with Gasteiger partial charge in [-0.1, -0.05) is 31.5 Å². The van der Waals surface area contributed by atoms with Crippen LogP contribution >= 0.6 is 0 Å². The molecule has 1 aliphatic rings. The van der Waals surface area contributed by atoms with Crippen molar-refractivity contribution in [2.75, 3.05) is 11.9 Å². The second-order valence-electron chi connectivity index (χ2n) is 4.41. The van der Waals surface area contributed by atoms with Crippen LogP contribution in [0, 0.1) is 0 Å². The Bertz CT molecular complexity index is 390. The lowest BCUT2D eigenvalue weighted by Gasteiger charge is -2.25. The Labute approximate surface area is 102 Å². The van der Waals surface area contributed by atoms with E-state index < -0.39 is 0 Å². The van der Waals surface area contributed by atoms with Gasteiger partial charge in [0.2, 0.25) is 0 Å². The first-order valence-electron chi connectivity index (χ1n) is 6.32. The number of carbonyl (C=O) groups excluding carboxylic acids is 1. The third kappa shape index (κ3) is 2.99. The molecule has 1 atom stereocenters. The number of hydrogen-bond donors (Lipinski definition) is 1. The Morgan fingerprint density at radius 1 is 1.47 bits per heavy atom. The predicted octanol–water partition coefficient (Wildman–Crippen LogP) is 2.76. The molecule has 0 saturated heterocycles. The van der Waals surface area contributed by atoms with Gasteiger partial charge in [0.25, 0.3) is 0 Å². The zero-order valence-corrected chi connectivity index (χ0v) is 10.2. The molecule has 0 aromatic heterocycles. The molecule has 0 saturated carbocycles. The normalized spacial score (nSPS) is 18.1. The third-order valence-electron chi connectivity index (χ3n) is 3.08. The lowest BCUT2D eigenvalue weighted by molar-refractivity contribution is -0.144. The molecule has 92 valence electrons. The van der Waals surface area contributed by atoms with Crippen molar-refractivity contribution in [2.24, 2.45) is 0 Å². The van der Waals surface area contributed by atoms with Gasteiger partial charge >= 0.3 is 5.97 Å². The summed E-state index contributed by atoms with van der Waals surface area (Å²) in [7, 11) is 0. The number of benzene rings is 1. The zero-order valence-electron chi connectivity index (χ0n) is 10.2. The molecule has 3 heteroatoms. The lowest BCUT2D eigenvalue weighted by atomic mass is 9.98. The fourth-order valence-electron chi connectivity index (χ4n) is 2.03. The highest BCUT2D eigenvalue weighted by atomic mass is 16.5. The molecule has 0 amide bonds. The van der Waals surface area contributed by atoms with Crippen LogP contribution in [0.15, 0.2) is 24.3 Å². The van der Waals surface area contributed by atoms with Crippen LogP contribution in [0.5, 0.6) is 0 Å². The number of hydrogen-bond acceptors (Lipinski definition) is 3. The molecule has 3 nitrogen and oxygen atoms in total. The quantitative estimate of drug-likeness (QED) is 0.642. The molecule has 0 spiro atoms. The second-order valence-corrected chi connectivity index (χ2v) is 4.41. The maximum absolute atomic E-state index is 11.8. The van der Waals surface area contributed by atoms with Gasteiger partial charge in [0, 0.05) is 5.69 Å². The van der Waals surface area contributed by atoms with Crippen LogP contribution in [0.3, 0.4) is 0 Å². The van der Waals surface area contributed by atoms with E-state index in [-0.39, 0.29) is 12.0 Å². The minimum absolute atomic E-state index is 0.118. The summed E-state index contributed by atoms with van der Waals surface area (Å²) in [6.07, 6.45) is 3.75. The summed E-state index contributed by atoms with van der Waals surface area (Å²) in [6, 6.07) is 7.94. The number of aryl methyl sites for hydroxylation is 1. The number of unbranched alkanes of at least 4 members (excludes halogenated alkanes) is 1. The van der Waals surface area contributed by atoms with E-state index in [1.54, 1.807) is 0 Å². The Balaban J connectivity index is 1.91. The molecule has 1 aromatic rings. The topological polar surface area (TPSA) is 38.3 Å². The third-order valence-corrected chi connectivity index (χ3v) is 3.08. The van der Waals surface area contributed by atoms with Crippen molar-refractivity contribution in [1.82, 2.24) is 0 Å². The maximum Gasteiger partial charge on any atom is 0.328 e. The SMILES string of the molecule is CCCCOC(=O)C1CCc2ccccc2N1. The van der Waals surface area contributed by atoms with Crippen molar-refractivity contribution in [3.8, 4) is 0 Å². The monoisotopic (exact) mass is 233 g/mol. The molecule has 17 heavy (non-hydrogen) atoms. The van der Waals surface area contributed by atoms with Crippen molar-refractivity contribution in [3.05, 3.63) is 29.8 Å². The molecular formula is C14H19NO2. The molecule has 0 aliphatic carbocycles. The summed E-state index contributed by atoms with van der Waals surface area (Å²) in [5.74, 6) is -0.118. The summed E-state index contributed by atoms with van der Waals surface area (Å²) in [6.45, 7) is 2.62. The lowest BCUT2D eigenvalue weighted by Crippen LogP contribution is -2.35. The zero-order chi connectivity index (χ0) is 12.1. The fraction of sp³-hybridized carbons (Fsp3) is 0.500. The molecule has 1 aliphatic heterocycles. The number of para-hydroxylation sites is 1. The predicted molar refractivity (Wildman–Crippen MR) is 68.0 cm³/mol. The van der Waals surface area contributed by atoms with Gasteiger partial charge in [0.15, 0.2) is 0 Å². The van der Waals surface area contributed by atoms with Crippen LogP contribution < -0.4 is 5.32 Å². The van der Waals surface area contributed by atoms with Crippen molar-refractivity contribution in [2.45, 2.75) is 38.6 Å². The molecule has 1 heterocycles. The number of fused-ring (bicyclic) bond motifs is 1. The standard InChI is InChI=1S/C14H19NO2/c1-2-3-10-17-14(16)13-9-8-11-6-4-5-7-12(11)15-13/h4-7,13,15H,2-3,8-10H2,1H3. The van der Waals surface area contributed by atoms with Crippen LogP contribution in [-0.2, 0) is 16.0 Å². The number of ether oxygens (including phenoxy) is 1. The van der Waals surface area contributed by atoms with Crippen LogP contribution in [-0.4, -0.2) is 18.6 Å². The van der Waals surface area contributed by atoms with Crippen LogP contribution in [0.1, 0.15) is 31.7 Å². The van der Waals surface area contributed by atoms with E-state index in [1.165, 1.54) is 5.56 Å². The Kier molecular flexibility index (Phi) is 4.02. The van der Waals surface area contributed by atoms with Crippen LogP contribution in [0.25, 0.3) is 0 Å². The van der Waals surface area contributed by atoms with Gasteiger partial charge in [0.05, 0.1) is 6.61 Å². The average molecular weight is 233 g/mol. The van der Waals surface area contributed by atoms with E-state index in [4.69, 9.17) is 4.74 Å². The highest BCUT2D eigenvalue weighted by Gasteiger charge is 2.24. The minimum atomic E-state index is -0.179. The largest absolute Gasteiger partial charge is 0.464 e. The molecule has 1 unspecified atom stereocenters. The van der Waals surface area contributed by atoms with E-state index in [0.717, 1.165) is 31.4 Å². The highest BCUT2D eigenvalue weighted by Crippen LogP contribution is 2.24. The summed E-state index contributed by atoms with van der Waals surface area (Å²) < 4.78 is 5.24. The van der Waals surface area contributed by atoms with Crippen molar-refractivity contribution >= 4 is 11.7 Å². The Morgan fingerprint density at radius 3 is 3.12 bits per heavy atom. The first kappa shape index (κ1) is 12.0. The molecule has 1 aromatic carbocycles. The number of nitrogens with one attached hydrogen (secondary N) is 1. The first-order chi connectivity index (χ1) is 8.31. The number of rotatable bonds is 4. The number of esters is 1. The van der Waals surface area contributed by atoms with Gasteiger partial charge in [0.1, 0.15) is 6.04 Å². The number of carbonyl (C=O) groups is 1. The van der Waals surface area contributed by atoms with Gasteiger partial charge < -0.3 is 10.1 Å².